The first-order valence-corrected chi connectivity index (χ1v) is 4.77. The van der Waals surface area contributed by atoms with E-state index >= 15 is 0 Å². The molecule has 0 saturated heterocycles. The van der Waals surface area contributed by atoms with Gasteiger partial charge in [-0.15, -0.1) is 20.4 Å². The smallest absolute Gasteiger partial charge is 0.291 e. The third-order valence-electron chi connectivity index (χ3n) is 1.89. The van der Waals surface area contributed by atoms with E-state index in [1.54, 1.807) is 0 Å². The number of nitrogens with zero attached hydrogens (tertiary/aromatic N) is 7. The minimum absolute atomic E-state index is 0.00952. The van der Waals surface area contributed by atoms with Crippen LogP contribution in [-0.4, -0.2) is 36.1 Å². The Bertz CT molecular complexity index is 549. The number of aryl methyl sites for hydroxylation is 2. The van der Waals surface area contributed by atoms with Crippen LogP contribution in [0.2, 0.25) is 0 Å². The Morgan fingerprint density at radius 1 is 1.18 bits per heavy atom. The molecular formula is C8H11N9. The van der Waals surface area contributed by atoms with Gasteiger partial charge in [0, 0.05) is 5.69 Å². The third kappa shape index (κ3) is 2.33. The minimum atomic E-state index is -0.146. The molecule has 2 aromatic heterocycles. The Balaban J connectivity index is 2.36. The Kier molecular flexibility index (Phi) is 2.65. The predicted octanol–water partition coefficient (Wildman–Crippen LogP) is -1.03. The lowest BCUT2D eigenvalue weighted by Crippen LogP contribution is -2.22. The molecule has 0 aliphatic rings. The lowest BCUT2D eigenvalue weighted by molar-refractivity contribution is 0.710. The maximum Gasteiger partial charge on any atom is 0.291 e. The van der Waals surface area contributed by atoms with E-state index in [1.807, 2.05) is 19.9 Å². The van der Waals surface area contributed by atoms with E-state index in [4.69, 9.17) is 11.5 Å². The molecular weight excluding hydrogens is 222 g/mol. The van der Waals surface area contributed by atoms with Gasteiger partial charge in [-0.25, -0.2) is 4.68 Å². The molecule has 4 N–H and O–H groups in total. The Morgan fingerprint density at radius 3 is 2.29 bits per heavy atom. The molecule has 9 nitrogen and oxygen atoms in total. The second-order valence-corrected chi connectivity index (χ2v) is 3.38. The van der Waals surface area contributed by atoms with E-state index in [1.165, 1.54) is 4.68 Å². The van der Waals surface area contributed by atoms with Gasteiger partial charge in [0.2, 0.25) is 0 Å². The highest BCUT2D eigenvalue weighted by Gasteiger charge is 2.07. The van der Waals surface area contributed by atoms with Crippen molar-refractivity contribution in [3.8, 4) is 5.95 Å². The van der Waals surface area contributed by atoms with E-state index in [9.17, 15) is 0 Å². The van der Waals surface area contributed by atoms with Crippen LogP contribution in [-0.2, 0) is 0 Å². The third-order valence-corrected chi connectivity index (χ3v) is 1.89. The molecule has 2 aromatic rings. The second-order valence-electron chi connectivity index (χ2n) is 3.38. The van der Waals surface area contributed by atoms with Crippen molar-refractivity contribution in [3.63, 3.8) is 0 Å². The van der Waals surface area contributed by atoms with E-state index in [2.05, 4.69) is 30.5 Å². The lowest BCUT2D eigenvalue weighted by atomic mass is 10.4. The molecule has 2 rings (SSSR count). The molecule has 0 saturated carbocycles. The van der Waals surface area contributed by atoms with Gasteiger partial charge < -0.3 is 11.5 Å². The summed E-state index contributed by atoms with van der Waals surface area (Å²) in [5, 5.41) is 19.3. The highest BCUT2D eigenvalue weighted by molar-refractivity contribution is 5.77. The molecule has 0 radical (unpaired) electrons. The number of aliphatic imine (C=N–C) groups is 1. The lowest BCUT2D eigenvalue weighted by Gasteiger charge is -1.99. The average Bonchev–Trinajstić information content (AvgIpc) is 2.58. The molecule has 2 heterocycles. The average molecular weight is 233 g/mol. The summed E-state index contributed by atoms with van der Waals surface area (Å²) in [6.45, 7) is 3.76. The number of hydrogen-bond donors (Lipinski definition) is 2. The first kappa shape index (κ1) is 10.9. The number of hydrogen-bond acceptors (Lipinski definition) is 6. The van der Waals surface area contributed by atoms with E-state index in [-0.39, 0.29) is 17.9 Å². The summed E-state index contributed by atoms with van der Waals surface area (Å²) in [6, 6.07) is 1.90. The van der Waals surface area contributed by atoms with Crippen LogP contribution in [0.25, 0.3) is 5.95 Å². The zero-order chi connectivity index (χ0) is 12.4. The van der Waals surface area contributed by atoms with Crippen molar-refractivity contribution >= 4 is 11.9 Å². The molecule has 0 aromatic carbocycles. The van der Waals surface area contributed by atoms with Crippen molar-refractivity contribution in [3.05, 3.63) is 17.5 Å². The molecule has 88 valence electrons. The summed E-state index contributed by atoms with van der Waals surface area (Å²) >= 11 is 0. The van der Waals surface area contributed by atoms with Gasteiger partial charge >= 0.3 is 0 Å². The van der Waals surface area contributed by atoms with Gasteiger partial charge in [0.15, 0.2) is 5.96 Å². The van der Waals surface area contributed by atoms with Crippen LogP contribution in [0.5, 0.6) is 0 Å². The first-order valence-electron chi connectivity index (χ1n) is 4.77. The SMILES string of the molecule is Cc1cc(C)n(-c2nnc(N=C(N)N)nn2)n1. The number of nitrogens with two attached hydrogens (primary N) is 2. The number of rotatable bonds is 2. The van der Waals surface area contributed by atoms with Gasteiger partial charge in [-0.1, -0.05) is 0 Å². The summed E-state index contributed by atoms with van der Waals surface area (Å²) in [5.41, 5.74) is 12.1. The fourth-order valence-corrected chi connectivity index (χ4v) is 1.30. The summed E-state index contributed by atoms with van der Waals surface area (Å²) in [7, 11) is 0. The fraction of sp³-hybridized carbons (Fsp3) is 0.250. The fourth-order valence-electron chi connectivity index (χ4n) is 1.30. The van der Waals surface area contributed by atoms with Gasteiger partial charge in [-0.3, -0.25) is 0 Å². The molecule has 9 heteroatoms. The summed E-state index contributed by atoms with van der Waals surface area (Å²) in [6.07, 6.45) is 0. The highest BCUT2D eigenvalue weighted by Crippen LogP contribution is 2.06. The van der Waals surface area contributed by atoms with E-state index < -0.39 is 0 Å². The standard InChI is InChI=1S/C8H11N9/c1-4-3-5(2)17(16-4)8-14-12-7(13-15-8)11-6(9)10/h3H,1-2H3,(H4,9,10,11,12,13). The van der Waals surface area contributed by atoms with Crippen molar-refractivity contribution < 1.29 is 0 Å². The zero-order valence-corrected chi connectivity index (χ0v) is 9.36. The zero-order valence-electron chi connectivity index (χ0n) is 9.36. The molecule has 0 atom stereocenters. The van der Waals surface area contributed by atoms with Crippen molar-refractivity contribution in [1.82, 2.24) is 30.2 Å². The van der Waals surface area contributed by atoms with Gasteiger partial charge in [-0.2, -0.15) is 10.1 Å². The monoisotopic (exact) mass is 233 g/mol. The first-order chi connectivity index (χ1) is 8.06. The molecule has 0 fully saturated rings. The Morgan fingerprint density at radius 2 is 1.82 bits per heavy atom. The molecule has 0 unspecified atom stereocenters. The van der Waals surface area contributed by atoms with Gasteiger partial charge in [0.25, 0.3) is 11.9 Å². The molecule has 0 amide bonds. The molecule has 17 heavy (non-hydrogen) atoms. The minimum Gasteiger partial charge on any atom is -0.370 e. The van der Waals surface area contributed by atoms with Crippen LogP contribution < -0.4 is 11.5 Å². The number of guanidine groups is 1. The Labute approximate surface area is 96.6 Å². The molecule has 0 aliphatic carbocycles. The van der Waals surface area contributed by atoms with Crippen LogP contribution in [0.15, 0.2) is 11.1 Å². The van der Waals surface area contributed by atoms with E-state index in [0.717, 1.165) is 11.4 Å². The van der Waals surface area contributed by atoms with Crippen molar-refractivity contribution in [2.45, 2.75) is 13.8 Å². The maximum absolute atomic E-state index is 5.18. The van der Waals surface area contributed by atoms with Gasteiger partial charge in [-0.05, 0) is 19.9 Å². The Hall–Kier alpha value is -2.58. The maximum atomic E-state index is 5.18. The quantitative estimate of drug-likeness (QED) is 0.500. The van der Waals surface area contributed by atoms with Crippen molar-refractivity contribution in [2.24, 2.45) is 16.5 Å². The van der Waals surface area contributed by atoms with Crippen molar-refractivity contribution in [1.29, 1.82) is 0 Å². The van der Waals surface area contributed by atoms with Crippen LogP contribution in [0.4, 0.5) is 5.95 Å². The molecule has 0 spiro atoms. The van der Waals surface area contributed by atoms with Crippen LogP contribution >= 0.6 is 0 Å². The molecule has 0 bridgehead atoms. The number of aromatic nitrogens is 6. The van der Waals surface area contributed by atoms with Gasteiger partial charge in [0.1, 0.15) is 0 Å². The van der Waals surface area contributed by atoms with Crippen LogP contribution in [0.1, 0.15) is 11.4 Å². The second kappa shape index (κ2) is 4.12. The largest absolute Gasteiger partial charge is 0.370 e. The van der Waals surface area contributed by atoms with E-state index in [0.29, 0.717) is 0 Å². The van der Waals surface area contributed by atoms with Gasteiger partial charge in [0.05, 0.1) is 5.69 Å². The summed E-state index contributed by atoms with van der Waals surface area (Å²) in [4.78, 5) is 3.62. The highest BCUT2D eigenvalue weighted by atomic mass is 15.5. The molecule has 0 aliphatic heterocycles. The predicted molar refractivity (Wildman–Crippen MR) is 59.7 cm³/mol. The van der Waals surface area contributed by atoms with Crippen molar-refractivity contribution in [2.75, 3.05) is 0 Å². The summed E-state index contributed by atoms with van der Waals surface area (Å²) in [5.74, 6) is 0.132. The van der Waals surface area contributed by atoms with Crippen LogP contribution in [0, 0.1) is 13.8 Å². The van der Waals surface area contributed by atoms with Crippen LogP contribution in [0.3, 0.4) is 0 Å². The normalized spacial score (nSPS) is 10.2. The summed E-state index contributed by atoms with van der Waals surface area (Å²) < 4.78 is 1.54. The topological polar surface area (TPSA) is 134 Å².